The van der Waals surface area contributed by atoms with E-state index < -0.39 is 35.2 Å². The summed E-state index contributed by atoms with van der Waals surface area (Å²) in [6, 6.07) is 1.03. The summed E-state index contributed by atoms with van der Waals surface area (Å²) >= 11 is 0. The molecule has 0 N–H and O–H groups in total. The van der Waals surface area contributed by atoms with Gasteiger partial charge in [-0.25, -0.2) is 0 Å². The van der Waals surface area contributed by atoms with E-state index in [1.54, 1.807) is 0 Å². The number of alkyl halides is 6. The third kappa shape index (κ3) is 2.70. The van der Waals surface area contributed by atoms with E-state index >= 15 is 0 Å². The molecule has 0 aliphatic carbocycles. The zero-order valence-corrected chi connectivity index (χ0v) is 14.2. The van der Waals surface area contributed by atoms with Crippen molar-refractivity contribution in [2.45, 2.75) is 33.1 Å². The van der Waals surface area contributed by atoms with Gasteiger partial charge in [-0.3, -0.25) is 9.59 Å². The average Bonchev–Trinajstić information content (AvgIpc) is 3.00. The molecule has 3 aromatic rings. The first-order valence-corrected chi connectivity index (χ1v) is 7.61. The number of nitrogens with zero attached hydrogens (tertiary/aromatic N) is 2. The number of hydrogen-bond donors (Lipinski definition) is 0. The Kier molecular flexibility index (Phi) is 3.94. The number of aryl methyl sites for hydroxylation is 2. The van der Waals surface area contributed by atoms with Crippen LogP contribution in [0.2, 0.25) is 0 Å². The maximum Gasteiger partial charge on any atom is 0.456 e. The van der Waals surface area contributed by atoms with Crippen molar-refractivity contribution in [3.05, 3.63) is 46.5 Å². The standard InChI is InChI=1S/C17H12F6N2O2/c1-7-6-10(14(26)16(18,19)20)13-11-8(2)9(3)12(15(27)17(21,22)23)25(11)5-4-24(7)13/h4-6H,1-3H3. The highest BCUT2D eigenvalue weighted by atomic mass is 19.4. The molecule has 10 heteroatoms. The lowest BCUT2D eigenvalue weighted by Crippen LogP contribution is -2.25. The number of halogens is 6. The monoisotopic (exact) mass is 390 g/mol. The van der Waals surface area contributed by atoms with Gasteiger partial charge in [0.2, 0.25) is 0 Å². The molecule has 0 unspecified atom stereocenters. The highest BCUT2D eigenvalue weighted by molar-refractivity contribution is 6.11. The predicted molar refractivity (Wildman–Crippen MR) is 83.3 cm³/mol. The van der Waals surface area contributed by atoms with E-state index in [0.29, 0.717) is 5.69 Å². The molecule has 0 aliphatic heterocycles. The first-order valence-electron chi connectivity index (χ1n) is 7.61. The van der Waals surface area contributed by atoms with Crippen LogP contribution in [0, 0.1) is 20.8 Å². The topological polar surface area (TPSA) is 43.0 Å². The molecule has 3 aromatic heterocycles. The van der Waals surface area contributed by atoms with Gasteiger partial charge >= 0.3 is 12.4 Å². The van der Waals surface area contributed by atoms with Crippen LogP contribution in [0.5, 0.6) is 0 Å². The van der Waals surface area contributed by atoms with Crippen molar-refractivity contribution in [3.8, 4) is 0 Å². The van der Waals surface area contributed by atoms with Crippen molar-refractivity contribution in [1.29, 1.82) is 0 Å². The van der Waals surface area contributed by atoms with E-state index in [1.807, 2.05) is 0 Å². The van der Waals surface area contributed by atoms with Gasteiger partial charge in [-0.2, -0.15) is 26.3 Å². The quantitative estimate of drug-likeness (QED) is 0.474. The van der Waals surface area contributed by atoms with E-state index in [0.717, 1.165) is 16.7 Å². The molecule has 0 atom stereocenters. The lowest BCUT2D eigenvalue weighted by Gasteiger charge is -2.09. The molecule has 27 heavy (non-hydrogen) atoms. The number of carbonyl (C=O) groups is 2. The van der Waals surface area contributed by atoms with Gasteiger partial charge in [0.15, 0.2) is 0 Å². The van der Waals surface area contributed by atoms with Crippen LogP contribution in [0.15, 0.2) is 18.5 Å². The molecule has 0 saturated heterocycles. The van der Waals surface area contributed by atoms with E-state index in [9.17, 15) is 35.9 Å². The Morgan fingerprint density at radius 3 is 1.81 bits per heavy atom. The van der Waals surface area contributed by atoms with Crippen LogP contribution in [-0.2, 0) is 0 Å². The van der Waals surface area contributed by atoms with Gasteiger partial charge in [0.05, 0.1) is 16.6 Å². The fraction of sp³-hybridized carbons (Fsp3) is 0.294. The highest BCUT2D eigenvalue weighted by Gasteiger charge is 2.44. The molecular weight excluding hydrogens is 378 g/mol. The Bertz CT molecular complexity index is 1120. The van der Waals surface area contributed by atoms with Crippen molar-refractivity contribution < 1.29 is 35.9 Å². The van der Waals surface area contributed by atoms with Gasteiger partial charge in [-0.05, 0) is 38.0 Å². The number of ketones is 2. The molecular formula is C17H12F6N2O2. The smallest absolute Gasteiger partial charge is 0.317 e. The Morgan fingerprint density at radius 1 is 0.778 bits per heavy atom. The second-order valence-electron chi connectivity index (χ2n) is 6.19. The minimum absolute atomic E-state index is 0.0188. The maximum absolute atomic E-state index is 13.0. The largest absolute Gasteiger partial charge is 0.456 e. The fourth-order valence-corrected chi connectivity index (χ4v) is 3.23. The summed E-state index contributed by atoms with van der Waals surface area (Å²) in [6.07, 6.45) is -7.92. The lowest BCUT2D eigenvalue weighted by molar-refractivity contribution is -0.0890. The molecule has 0 aromatic carbocycles. The summed E-state index contributed by atoms with van der Waals surface area (Å²) in [7, 11) is 0. The summed E-state index contributed by atoms with van der Waals surface area (Å²) in [6.45, 7) is 4.13. The summed E-state index contributed by atoms with van der Waals surface area (Å²) in [4.78, 5) is 23.7. The van der Waals surface area contributed by atoms with Crippen LogP contribution in [0.1, 0.15) is 37.7 Å². The van der Waals surface area contributed by atoms with Crippen LogP contribution >= 0.6 is 0 Å². The second-order valence-corrected chi connectivity index (χ2v) is 6.19. The van der Waals surface area contributed by atoms with Gasteiger partial charge in [0.25, 0.3) is 11.6 Å². The highest BCUT2D eigenvalue weighted by Crippen LogP contribution is 2.34. The van der Waals surface area contributed by atoms with Gasteiger partial charge in [-0.15, -0.1) is 0 Å². The van der Waals surface area contributed by atoms with Crippen molar-refractivity contribution in [3.63, 3.8) is 0 Å². The molecule has 0 fully saturated rings. The first-order chi connectivity index (χ1) is 12.3. The molecule has 144 valence electrons. The van der Waals surface area contributed by atoms with Crippen molar-refractivity contribution in [1.82, 2.24) is 8.80 Å². The molecule has 3 heterocycles. The Morgan fingerprint density at radius 2 is 1.30 bits per heavy atom. The number of aromatic nitrogens is 2. The summed E-state index contributed by atoms with van der Waals surface area (Å²) < 4.78 is 80.0. The van der Waals surface area contributed by atoms with Crippen molar-refractivity contribution >= 4 is 22.6 Å². The first kappa shape index (κ1) is 19.0. The predicted octanol–water partition coefficient (Wildman–Crippen LogP) is 4.61. The molecule has 0 aliphatic rings. The van der Waals surface area contributed by atoms with Gasteiger partial charge in [0, 0.05) is 18.1 Å². The molecule has 3 rings (SSSR count). The Hall–Kier alpha value is -2.78. The van der Waals surface area contributed by atoms with Gasteiger partial charge in [0.1, 0.15) is 5.69 Å². The van der Waals surface area contributed by atoms with Crippen molar-refractivity contribution in [2.75, 3.05) is 0 Å². The third-order valence-electron chi connectivity index (χ3n) is 4.55. The summed E-state index contributed by atoms with van der Waals surface area (Å²) in [5, 5.41) is 0. The van der Waals surface area contributed by atoms with Crippen LogP contribution < -0.4 is 0 Å². The summed E-state index contributed by atoms with van der Waals surface area (Å²) in [5.74, 6) is -4.22. The normalized spacial score (nSPS) is 12.9. The average molecular weight is 390 g/mol. The van der Waals surface area contributed by atoms with Crippen LogP contribution in [0.4, 0.5) is 26.3 Å². The SMILES string of the molecule is Cc1c(C)c2c3c(C(=O)C(F)(F)F)cc(C)n3ccn2c1C(=O)C(F)(F)F. The zero-order chi connectivity index (χ0) is 20.5. The molecule has 0 saturated carbocycles. The van der Waals surface area contributed by atoms with Gasteiger partial charge in [-0.1, -0.05) is 0 Å². The van der Waals surface area contributed by atoms with Crippen LogP contribution in [-0.4, -0.2) is 32.7 Å². The van der Waals surface area contributed by atoms with E-state index in [4.69, 9.17) is 0 Å². The third-order valence-corrected chi connectivity index (χ3v) is 4.55. The number of Topliss-reactive ketones (excluding diaryl/α,β-unsaturated/α-hetero) is 2. The van der Waals surface area contributed by atoms with Crippen LogP contribution in [0.3, 0.4) is 0 Å². The van der Waals surface area contributed by atoms with E-state index in [1.165, 1.54) is 31.4 Å². The number of hydrogen-bond acceptors (Lipinski definition) is 2. The second kappa shape index (κ2) is 5.61. The Balaban J connectivity index is 2.49. The fourth-order valence-electron chi connectivity index (χ4n) is 3.23. The molecule has 0 amide bonds. The lowest BCUT2D eigenvalue weighted by atomic mass is 10.1. The molecule has 4 nitrogen and oxygen atoms in total. The maximum atomic E-state index is 13.0. The van der Waals surface area contributed by atoms with Gasteiger partial charge < -0.3 is 8.80 Å². The minimum atomic E-state index is -5.15. The zero-order valence-electron chi connectivity index (χ0n) is 14.2. The van der Waals surface area contributed by atoms with Crippen LogP contribution in [0.25, 0.3) is 11.0 Å². The number of rotatable bonds is 2. The molecule has 0 bridgehead atoms. The Labute approximate surface area is 148 Å². The van der Waals surface area contributed by atoms with E-state index in [2.05, 4.69) is 0 Å². The van der Waals surface area contributed by atoms with Crippen molar-refractivity contribution in [2.24, 2.45) is 0 Å². The summed E-state index contributed by atoms with van der Waals surface area (Å²) in [5.41, 5.74) is -1.17. The number of carbonyl (C=O) groups excluding carboxylic acids is 2. The molecule has 0 radical (unpaired) electrons. The number of fused-ring (bicyclic) bond motifs is 3. The molecule has 0 spiro atoms. The minimum Gasteiger partial charge on any atom is -0.317 e. The van der Waals surface area contributed by atoms with E-state index in [-0.39, 0.29) is 22.2 Å².